The molecule has 3 heterocycles. The first kappa shape index (κ1) is 19.6. The maximum atomic E-state index is 12.9. The number of rotatable bonds is 4. The highest BCUT2D eigenvalue weighted by molar-refractivity contribution is 7.12. The fraction of sp³-hybridized carbons (Fsp3) is 0.429. The van der Waals surface area contributed by atoms with Crippen molar-refractivity contribution in [1.29, 1.82) is 0 Å². The first-order valence-corrected chi connectivity index (χ1v) is 10.7. The van der Waals surface area contributed by atoms with Crippen LogP contribution in [0.5, 0.6) is 0 Å². The third kappa shape index (κ3) is 3.53. The summed E-state index contributed by atoms with van der Waals surface area (Å²) in [4.78, 5) is 45.7. The van der Waals surface area contributed by atoms with E-state index < -0.39 is 5.54 Å². The molecule has 2 aliphatic heterocycles. The largest absolute Gasteiger partial charge is 0.336 e. The quantitative estimate of drug-likeness (QED) is 0.783. The highest BCUT2D eigenvalue weighted by atomic mass is 32.1. The molecule has 1 spiro atoms. The lowest BCUT2D eigenvalue weighted by atomic mass is 9.85. The Balaban J connectivity index is 1.47. The molecule has 0 bridgehead atoms. The molecule has 0 unspecified atom stereocenters. The molecule has 2 aliphatic rings. The van der Waals surface area contributed by atoms with Gasteiger partial charge >= 0.3 is 6.03 Å². The molecule has 4 rings (SSSR count). The Morgan fingerprint density at radius 1 is 1.21 bits per heavy atom. The van der Waals surface area contributed by atoms with E-state index in [1.54, 1.807) is 9.80 Å². The highest BCUT2D eigenvalue weighted by Crippen LogP contribution is 2.34. The highest BCUT2D eigenvalue weighted by Gasteiger charge is 2.54. The number of amides is 4. The van der Waals surface area contributed by atoms with Gasteiger partial charge in [-0.1, -0.05) is 44.2 Å². The van der Waals surface area contributed by atoms with E-state index in [-0.39, 0.29) is 23.8 Å². The lowest BCUT2D eigenvalue weighted by Crippen LogP contribution is -2.58. The molecule has 0 saturated carbocycles. The fourth-order valence-corrected chi connectivity index (χ4v) is 4.84. The number of carbonyl (C=O) groups excluding carboxylic acids is 3. The van der Waals surface area contributed by atoms with E-state index in [9.17, 15) is 14.4 Å². The second-order valence-electron chi connectivity index (χ2n) is 7.99. The van der Waals surface area contributed by atoms with Crippen molar-refractivity contribution in [2.45, 2.75) is 32.2 Å². The number of aromatic nitrogens is 1. The van der Waals surface area contributed by atoms with Crippen molar-refractivity contribution in [3.05, 3.63) is 40.7 Å². The number of piperidine rings is 1. The lowest BCUT2D eigenvalue weighted by Gasteiger charge is -2.42. The van der Waals surface area contributed by atoms with Gasteiger partial charge in [-0.3, -0.25) is 14.9 Å². The molecule has 7 nitrogen and oxygen atoms in total. The molecule has 1 aromatic carbocycles. The zero-order chi connectivity index (χ0) is 20.6. The van der Waals surface area contributed by atoms with Crippen LogP contribution >= 0.6 is 11.3 Å². The van der Waals surface area contributed by atoms with Crippen LogP contribution in [-0.2, 0) is 4.79 Å². The number of benzene rings is 1. The number of carbonyl (C=O) groups is 3. The van der Waals surface area contributed by atoms with Crippen molar-refractivity contribution in [2.24, 2.45) is 5.92 Å². The van der Waals surface area contributed by atoms with Crippen molar-refractivity contribution >= 4 is 29.2 Å². The first-order chi connectivity index (χ1) is 13.9. The Bertz CT molecular complexity index is 932. The monoisotopic (exact) mass is 412 g/mol. The number of hydrogen-bond acceptors (Lipinski definition) is 5. The lowest BCUT2D eigenvalue weighted by molar-refractivity contribution is -0.129. The average Bonchev–Trinajstić information content (AvgIpc) is 3.29. The van der Waals surface area contributed by atoms with E-state index >= 15 is 0 Å². The Hall–Kier alpha value is -2.74. The summed E-state index contributed by atoms with van der Waals surface area (Å²) in [7, 11) is 0. The standard InChI is InChI=1S/C21H24N4O3S/c1-14(2)12-25-20(28)23-19(27)21(25)8-10-24(11-9-21)18(26)17-22-16(13-29-17)15-6-4-3-5-7-15/h3-7,13-14H,8-12H2,1-2H3,(H,23,27,28). The van der Waals surface area contributed by atoms with Gasteiger partial charge in [0.1, 0.15) is 5.54 Å². The van der Waals surface area contributed by atoms with Gasteiger partial charge < -0.3 is 9.80 Å². The van der Waals surface area contributed by atoms with Gasteiger partial charge in [0, 0.05) is 30.6 Å². The van der Waals surface area contributed by atoms with Gasteiger partial charge in [0.05, 0.1) is 5.69 Å². The molecule has 4 amide bonds. The summed E-state index contributed by atoms with van der Waals surface area (Å²) in [6.07, 6.45) is 0.889. The summed E-state index contributed by atoms with van der Waals surface area (Å²) < 4.78 is 0. The topological polar surface area (TPSA) is 82.6 Å². The molecule has 0 radical (unpaired) electrons. The van der Waals surface area contributed by atoms with Crippen LogP contribution < -0.4 is 5.32 Å². The van der Waals surface area contributed by atoms with Crippen LogP contribution in [0.15, 0.2) is 35.7 Å². The smallest absolute Gasteiger partial charge is 0.325 e. The molecule has 2 saturated heterocycles. The molecule has 152 valence electrons. The van der Waals surface area contributed by atoms with Crippen molar-refractivity contribution in [1.82, 2.24) is 20.1 Å². The van der Waals surface area contributed by atoms with E-state index in [0.29, 0.717) is 37.5 Å². The van der Waals surface area contributed by atoms with Crippen LogP contribution in [0.2, 0.25) is 0 Å². The van der Waals surface area contributed by atoms with Gasteiger partial charge in [0.15, 0.2) is 5.01 Å². The molecule has 0 atom stereocenters. The zero-order valence-corrected chi connectivity index (χ0v) is 17.4. The predicted molar refractivity (Wildman–Crippen MR) is 111 cm³/mol. The Labute approximate surface area is 173 Å². The van der Waals surface area contributed by atoms with Gasteiger partial charge in [-0.05, 0) is 18.8 Å². The summed E-state index contributed by atoms with van der Waals surface area (Å²) in [5, 5.41) is 4.80. The summed E-state index contributed by atoms with van der Waals surface area (Å²) in [5.41, 5.74) is 0.929. The fourth-order valence-electron chi connectivity index (χ4n) is 4.05. The van der Waals surface area contributed by atoms with Gasteiger partial charge in [0.25, 0.3) is 11.8 Å². The van der Waals surface area contributed by atoms with Crippen LogP contribution in [0.1, 0.15) is 36.5 Å². The summed E-state index contributed by atoms with van der Waals surface area (Å²) in [6.45, 7) is 5.42. The Morgan fingerprint density at radius 2 is 1.90 bits per heavy atom. The van der Waals surface area contributed by atoms with Crippen molar-refractivity contribution in [3.63, 3.8) is 0 Å². The summed E-state index contributed by atoms with van der Waals surface area (Å²) in [6, 6.07) is 9.43. The van der Waals surface area contributed by atoms with Crippen LogP contribution in [-0.4, -0.2) is 57.8 Å². The number of urea groups is 1. The Morgan fingerprint density at radius 3 is 2.55 bits per heavy atom. The molecule has 1 aromatic heterocycles. The molecule has 2 fully saturated rings. The maximum Gasteiger partial charge on any atom is 0.325 e. The number of likely N-dealkylation sites (tertiary alicyclic amines) is 1. The Kier molecular flexibility index (Phi) is 5.12. The predicted octanol–water partition coefficient (Wildman–Crippen LogP) is 2.99. The van der Waals surface area contributed by atoms with Crippen LogP contribution in [0.25, 0.3) is 11.3 Å². The van der Waals surface area contributed by atoms with E-state index in [1.807, 2.05) is 49.6 Å². The number of hydrogen-bond donors (Lipinski definition) is 1. The second-order valence-corrected chi connectivity index (χ2v) is 8.85. The minimum atomic E-state index is -0.837. The van der Waals surface area contributed by atoms with Crippen molar-refractivity contribution < 1.29 is 14.4 Å². The van der Waals surface area contributed by atoms with E-state index in [0.717, 1.165) is 11.3 Å². The minimum absolute atomic E-state index is 0.118. The van der Waals surface area contributed by atoms with Crippen LogP contribution in [0.4, 0.5) is 4.79 Å². The third-order valence-corrected chi connectivity index (χ3v) is 6.42. The molecule has 8 heteroatoms. The molecule has 29 heavy (non-hydrogen) atoms. The summed E-state index contributed by atoms with van der Waals surface area (Å²) in [5.74, 6) is -0.0991. The molecule has 0 aliphatic carbocycles. The molecular weight excluding hydrogens is 388 g/mol. The minimum Gasteiger partial charge on any atom is -0.336 e. The van der Waals surface area contributed by atoms with Crippen molar-refractivity contribution in [2.75, 3.05) is 19.6 Å². The first-order valence-electron chi connectivity index (χ1n) is 9.84. The normalized spacial score (nSPS) is 18.6. The SMILES string of the molecule is CC(C)CN1C(=O)NC(=O)C12CCN(C(=O)c1nc(-c3ccccc3)cs1)CC2. The van der Waals surface area contributed by atoms with Gasteiger partial charge in [-0.25, -0.2) is 9.78 Å². The number of imide groups is 1. The average molecular weight is 413 g/mol. The van der Waals surface area contributed by atoms with Crippen molar-refractivity contribution in [3.8, 4) is 11.3 Å². The van der Waals surface area contributed by atoms with Crippen LogP contribution in [0, 0.1) is 5.92 Å². The van der Waals surface area contributed by atoms with Gasteiger partial charge in [0.2, 0.25) is 0 Å². The van der Waals surface area contributed by atoms with E-state index in [4.69, 9.17) is 0 Å². The number of nitrogens with zero attached hydrogens (tertiary/aromatic N) is 3. The van der Waals surface area contributed by atoms with E-state index in [2.05, 4.69) is 10.3 Å². The molecule has 2 aromatic rings. The maximum absolute atomic E-state index is 12.9. The van der Waals surface area contributed by atoms with Gasteiger partial charge in [-0.15, -0.1) is 11.3 Å². The van der Waals surface area contributed by atoms with E-state index in [1.165, 1.54) is 11.3 Å². The van der Waals surface area contributed by atoms with Crippen LogP contribution in [0.3, 0.4) is 0 Å². The molecule has 1 N–H and O–H groups in total. The second kappa shape index (κ2) is 7.59. The zero-order valence-electron chi connectivity index (χ0n) is 16.6. The number of nitrogens with one attached hydrogen (secondary N) is 1. The summed E-state index contributed by atoms with van der Waals surface area (Å²) >= 11 is 1.33. The third-order valence-electron chi connectivity index (χ3n) is 5.59. The molecular formula is C21H24N4O3S. The van der Waals surface area contributed by atoms with Gasteiger partial charge in [-0.2, -0.15) is 0 Å². The number of thiazole rings is 1.